The van der Waals surface area contributed by atoms with Crippen LogP contribution < -0.4 is 10.1 Å². The molecule has 0 heterocycles. The zero-order valence-corrected chi connectivity index (χ0v) is 23.0. The molecule has 0 aliphatic carbocycles. The van der Waals surface area contributed by atoms with Crippen LogP contribution in [-0.4, -0.2) is 35.9 Å². The van der Waals surface area contributed by atoms with Crippen LogP contribution in [0.1, 0.15) is 51.3 Å². The maximum Gasteiger partial charge on any atom is 0.261 e. The summed E-state index contributed by atoms with van der Waals surface area (Å²) in [4.78, 5) is 28.8. The first-order valence-corrected chi connectivity index (χ1v) is 13.1. The summed E-state index contributed by atoms with van der Waals surface area (Å²) < 4.78 is 19.7. The maximum atomic E-state index is 13.8. The Morgan fingerprint density at radius 3 is 2.16 bits per heavy atom. The Hall–Kier alpha value is -3.67. The average Bonchev–Trinajstić information content (AvgIpc) is 2.89. The van der Waals surface area contributed by atoms with Gasteiger partial charge in [-0.15, -0.1) is 0 Å². The van der Waals surface area contributed by atoms with Gasteiger partial charge < -0.3 is 15.0 Å². The van der Waals surface area contributed by atoms with Crippen molar-refractivity contribution >= 4 is 11.8 Å². The normalized spacial score (nSPS) is 12.2. The molecule has 1 N–H and O–H groups in total. The van der Waals surface area contributed by atoms with Gasteiger partial charge in [-0.25, -0.2) is 4.39 Å². The number of carbonyl (C=O) groups is 2. The van der Waals surface area contributed by atoms with Crippen molar-refractivity contribution in [1.29, 1.82) is 0 Å². The van der Waals surface area contributed by atoms with Gasteiger partial charge >= 0.3 is 0 Å². The summed E-state index contributed by atoms with van der Waals surface area (Å²) in [5, 5.41) is 3.00. The lowest BCUT2D eigenvalue weighted by Gasteiger charge is -2.32. The molecule has 0 aliphatic heterocycles. The van der Waals surface area contributed by atoms with E-state index in [1.54, 1.807) is 17.0 Å². The smallest absolute Gasteiger partial charge is 0.261 e. The van der Waals surface area contributed by atoms with E-state index in [0.717, 1.165) is 16.7 Å². The van der Waals surface area contributed by atoms with E-state index in [0.29, 0.717) is 18.7 Å². The lowest BCUT2D eigenvalue weighted by atomic mass is 9.86. The van der Waals surface area contributed by atoms with Gasteiger partial charge in [-0.1, -0.05) is 95.3 Å². The maximum absolute atomic E-state index is 13.8. The summed E-state index contributed by atoms with van der Waals surface area (Å²) in [7, 11) is 0. The van der Waals surface area contributed by atoms with Crippen molar-refractivity contribution in [2.24, 2.45) is 5.92 Å². The lowest BCUT2D eigenvalue weighted by Crippen LogP contribution is -2.52. The van der Waals surface area contributed by atoms with Crippen molar-refractivity contribution in [3.8, 4) is 5.75 Å². The second-order valence-electron chi connectivity index (χ2n) is 11.0. The molecular weight excluding hydrogens is 479 g/mol. The number of hydrogen-bond donors (Lipinski definition) is 1. The van der Waals surface area contributed by atoms with Crippen LogP contribution in [0.15, 0.2) is 78.9 Å². The molecule has 0 saturated carbocycles. The van der Waals surface area contributed by atoms with E-state index in [2.05, 4.69) is 26.1 Å². The molecule has 3 aromatic carbocycles. The molecule has 0 fully saturated rings. The molecule has 0 spiro atoms. The summed E-state index contributed by atoms with van der Waals surface area (Å²) in [5.41, 5.74) is 2.49. The van der Waals surface area contributed by atoms with Crippen molar-refractivity contribution in [2.45, 2.75) is 59.0 Å². The van der Waals surface area contributed by atoms with E-state index in [4.69, 9.17) is 4.74 Å². The minimum atomic E-state index is -0.768. The zero-order valence-electron chi connectivity index (χ0n) is 23.0. The number of para-hydroxylation sites is 1. The molecule has 2 amide bonds. The summed E-state index contributed by atoms with van der Waals surface area (Å²) in [6.07, 6.45) is 0.344. The van der Waals surface area contributed by atoms with E-state index < -0.39 is 6.04 Å². The molecule has 3 aromatic rings. The van der Waals surface area contributed by atoms with Crippen molar-refractivity contribution in [3.63, 3.8) is 0 Å². The standard InChI is InChI=1S/C32H39FN2O3/c1-23(2)20-34-31(37)28(19-24-11-7-6-8-12-24)35(21-25-15-17-26(33)18-16-25)30(36)22-38-29-14-10-9-13-27(29)32(3,4)5/h6-18,23,28H,19-22H2,1-5H3,(H,34,37)/t28-/m1/s1. The first-order valence-electron chi connectivity index (χ1n) is 13.1. The Morgan fingerprint density at radius 1 is 0.895 bits per heavy atom. The van der Waals surface area contributed by atoms with Gasteiger partial charge in [-0.3, -0.25) is 9.59 Å². The van der Waals surface area contributed by atoms with E-state index >= 15 is 0 Å². The molecule has 0 unspecified atom stereocenters. The van der Waals surface area contributed by atoms with Gasteiger partial charge in [0.05, 0.1) is 0 Å². The van der Waals surface area contributed by atoms with Crippen molar-refractivity contribution < 1.29 is 18.7 Å². The Balaban J connectivity index is 1.93. The summed E-state index contributed by atoms with van der Waals surface area (Å²) in [5.74, 6) is -0.00945. The highest BCUT2D eigenvalue weighted by molar-refractivity contribution is 5.88. The van der Waals surface area contributed by atoms with Crippen LogP contribution in [0, 0.1) is 11.7 Å². The third-order valence-corrected chi connectivity index (χ3v) is 6.27. The van der Waals surface area contributed by atoms with Crippen LogP contribution in [0.5, 0.6) is 5.75 Å². The zero-order chi connectivity index (χ0) is 27.7. The number of amides is 2. The van der Waals surface area contributed by atoms with Gasteiger partial charge in [0.25, 0.3) is 5.91 Å². The molecule has 5 nitrogen and oxygen atoms in total. The van der Waals surface area contributed by atoms with E-state index in [9.17, 15) is 14.0 Å². The molecular formula is C32H39FN2O3. The van der Waals surface area contributed by atoms with Gasteiger partial charge in [0.1, 0.15) is 17.6 Å². The van der Waals surface area contributed by atoms with Gasteiger partial charge in [-0.2, -0.15) is 0 Å². The Labute approximate surface area is 226 Å². The van der Waals surface area contributed by atoms with Crippen LogP contribution in [0.3, 0.4) is 0 Å². The fourth-order valence-electron chi connectivity index (χ4n) is 4.20. The first-order chi connectivity index (χ1) is 18.0. The number of hydrogen-bond acceptors (Lipinski definition) is 3. The molecule has 3 rings (SSSR count). The SMILES string of the molecule is CC(C)CNC(=O)[C@@H](Cc1ccccc1)N(Cc1ccc(F)cc1)C(=O)COc1ccccc1C(C)(C)C. The van der Waals surface area contributed by atoms with E-state index in [-0.39, 0.29) is 42.1 Å². The highest BCUT2D eigenvalue weighted by atomic mass is 19.1. The third-order valence-electron chi connectivity index (χ3n) is 6.27. The molecule has 0 aliphatic rings. The number of halogens is 1. The monoisotopic (exact) mass is 518 g/mol. The third kappa shape index (κ3) is 8.44. The highest BCUT2D eigenvalue weighted by Gasteiger charge is 2.31. The lowest BCUT2D eigenvalue weighted by molar-refractivity contribution is -0.142. The number of benzene rings is 3. The molecule has 202 valence electrons. The predicted molar refractivity (Wildman–Crippen MR) is 149 cm³/mol. The Kier molecular flexibility index (Phi) is 10.1. The number of rotatable bonds is 11. The Morgan fingerprint density at radius 2 is 1.53 bits per heavy atom. The minimum absolute atomic E-state index is 0.149. The van der Waals surface area contributed by atoms with Gasteiger partial charge in [-0.05, 0) is 46.2 Å². The van der Waals surface area contributed by atoms with Crippen molar-refractivity contribution in [3.05, 3.63) is 101 Å². The first kappa shape index (κ1) is 28.9. The second-order valence-corrected chi connectivity index (χ2v) is 11.0. The van der Waals surface area contributed by atoms with Gasteiger partial charge in [0.15, 0.2) is 6.61 Å². The number of ether oxygens (including phenoxy) is 1. The quantitative estimate of drug-likeness (QED) is 0.343. The molecule has 6 heteroatoms. The molecule has 0 saturated heterocycles. The minimum Gasteiger partial charge on any atom is -0.483 e. The van der Waals surface area contributed by atoms with Gasteiger partial charge in [0.2, 0.25) is 5.91 Å². The summed E-state index contributed by atoms with van der Waals surface area (Å²) >= 11 is 0. The predicted octanol–water partition coefficient (Wildman–Crippen LogP) is 5.91. The molecule has 0 radical (unpaired) electrons. The van der Waals surface area contributed by atoms with Crippen LogP contribution in [0.2, 0.25) is 0 Å². The number of nitrogens with one attached hydrogen (secondary N) is 1. The van der Waals surface area contributed by atoms with Gasteiger partial charge in [0, 0.05) is 19.5 Å². The van der Waals surface area contributed by atoms with E-state index in [1.165, 1.54) is 12.1 Å². The Bertz CT molecular complexity index is 1190. The molecule has 0 bridgehead atoms. The van der Waals surface area contributed by atoms with Crippen LogP contribution in [0.4, 0.5) is 4.39 Å². The largest absolute Gasteiger partial charge is 0.483 e. The topological polar surface area (TPSA) is 58.6 Å². The van der Waals surface area contributed by atoms with E-state index in [1.807, 2.05) is 68.4 Å². The van der Waals surface area contributed by atoms with Crippen LogP contribution in [-0.2, 0) is 28.0 Å². The fourth-order valence-corrected chi connectivity index (χ4v) is 4.20. The summed E-state index contributed by atoms with van der Waals surface area (Å²) in [6.45, 7) is 10.7. The highest BCUT2D eigenvalue weighted by Crippen LogP contribution is 2.31. The fraction of sp³-hybridized carbons (Fsp3) is 0.375. The van der Waals surface area contributed by atoms with Crippen LogP contribution in [0.25, 0.3) is 0 Å². The van der Waals surface area contributed by atoms with Crippen LogP contribution >= 0.6 is 0 Å². The number of nitrogens with zero attached hydrogens (tertiary/aromatic N) is 1. The molecule has 0 aromatic heterocycles. The average molecular weight is 519 g/mol. The van der Waals surface area contributed by atoms with Crippen molar-refractivity contribution in [1.82, 2.24) is 10.2 Å². The summed E-state index contributed by atoms with van der Waals surface area (Å²) in [6, 6.07) is 22.5. The second kappa shape index (κ2) is 13.2. The molecule has 1 atom stereocenters. The molecule has 38 heavy (non-hydrogen) atoms. The number of carbonyl (C=O) groups excluding carboxylic acids is 2. The van der Waals surface area contributed by atoms with Crippen molar-refractivity contribution in [2.75, 3.05) is 13.2 Å².